The molecule has 0 aliphatic carbocycles. The van der Waals surface area contributed by atoms with Gasteiger partial charge in [0.25, 0.3) is 0 Å². The van der Waals surface area contributed by atoms with Crippen LogP contribution in [0.15, 0.2) is 54.6 Å². The minimum atomic E-state index is -0.179. The predicted octanol–water partition coefficient (Wildman–Crippen LogP) is 3.52. The van der Waals surface area contributed by atoms with Gasteiger partial charge in [0.1, 0.15) is 17.2 Å². The molecule has 0 bridgehead atoms. The van der Waals surface area contributed by atoms with E-state index in [1.54, 1.807) is 44.4 Å². The number of hydrogen-bond acceptors (Lipinski definition) is 7. The number of nitrogens with one attached hydrogen (secondary N) is 1. The lowest BCUT2D eigenvalue weighted by Crippen LogP contribution is -2.50. The molecule has 0 unspecified atom stereocenters. The second-order valence-electron chi connectivity index (χ2n) is 7.48. The van der Waals surface area contributed by atoms with E-state index in [1.165, 1.54) is 0 Å². The molecule has 1 saturated heterocycles. The number of carbonyl (C=O) groups excluding carboxylic acids is 1. The number of anilines is 2. The van der Waals surface area contributed by atoms with Crippen LogP contribution in [0.5, 0.6) is 17.2 Å². The zero-order chi connectivity index (χ0) is 23.2. The van der Waals surface area contributed by atoms with Gasteiger partial charge in [-0.05, 0) is 48.5 Å². The minimum Gasteiger partial charge on any atom is -0.497 e. The highest BCUT2D eigenvalue weighted by Crippen LogP contribution is 2.29. The molecule has 4 rings (SSSR count). The number of rotatable bonds is 6. The first-order chi connectivity index (χ1) is 16.1. The van der Waals surface area contributed by atoms with E-state index in [9.17, 15) is 4.79 Å². The fourth-order valence-corrected chi connectivity index (χ4v) is 3.65. The van der Waals surface area contributed by atoms with Crippen LogP contribution in [0.4, 0.5) is 16.3 Å². The van der Waals surface area contributed by atoms with Crippen LogP contribution in [0, 0.1) is 0 Å². The van der Waals surface area contributed by atoms with E-state index in [0.29, 0.717) is 43.4 Å². The third-order valence-electron chi connectivity index (χ3n) is 5.58. The van der Waals surface area contributed by atoms with Crippen molar-refractivity contribution in [2.24, 2.45) is 0 Å². The van der Waals surface area contributed by atoms with Crippen molar-refractivity contribution in [3.63, 3.8) is 0 Å². The molecule has 1 fully saturated rings. The Labute approximate surface area is 192 Å². The second kappa shape index (κ2) is 10.1. The highest BCUT2D eigenvalue weighted by atomic mass is 16.5. The third kappa shape index (κ3) is 5.08. The molecule has 2 amide bonds. The van der Waals surface area contributed by atoms with Crippen molar-refractivity contribution in [1.29, 1.82) is 0 Å². The van der Waals surface area contributed by atoms with E-state index in [4.69, 9.17) is 14.2 Å². The summed E-state index contributed by atoms with van der Waals surface area (Å²) < 4.78 is 15.8. The smallest absolute Gasteiger partial charge is 0.322 e. The van der Waals surface area contributed by atoms with Crippen molar-refractivity contribution >= 4 is 17.5 Å². The van der Waals surface area contributed by atoms with E-state index < -0.39 is 0 Å². The summed E-state index contributed by atoms with van der Waals surface area (Å²) in [5.74, 6) is 2.82. The van der Waals surface area contributed by atoms with Gasteiger partial charge >= 0.3 is 6.03 Å². The van der Waals surface area contributed by atoms with E-state index in [0.717, 1.165) is 22.8 Å². The Kier molecular flexibility index (Phi) is 6.77. The van der Waals surface area contributed by atoms with Gasteiger partial charge in [-0.15, -0.1) is 10.2 Å². The number of urea groups is 1. The zero-order valence-corrected chi connectivity index (χ0v) is 18.9. The molecule has 1 N–H and O–H groups in total. The molecule has 9 heteroatoms. The average Bonchev–Trinajstić information content (AvgIpc) is 2.89. The monoisotopic (exact) mass is 449 g/mol. The zero-order valence-electron chi connectivity index (χ0n) is 18.9. The van der Waals surface area contributed by atoms with Gasteiger partial charge in [-0.1, -0.05) is 0 Å². The summed E-state index contributed by atoms with van der Waals surface area (Å²) in [6.45, 7) is 2.47. The van der Waals surface area contributed by atoms with Crippen LogP contribution in [0.2, 0.25) is 0 Å². The Morgan fingerprint density at radius 3 is 2.12 bits per heavy atom. The number of hydrogen-bond donors (Lipinski definition) is 1. The normalized spacial score (nSPS) is 13.4. The predicted molar refractivity (Wildman–Crippen MR) is 126 cm³/mol. The summed E-state index contributed by atoms with van der Waals surface area (Å²) >= 11 is 0. The lowest BCUT2D eigenvalue weighted by atomic mass is 10.1. The summed E-state index contributed by atoms with van der Waals surface area (Å²) in [6.07, 6.45) is 0. The second-order valence-corrected chi connectivity index (χ2v) is 7.48. The number of piperazine rings is 1. The lowest BCUT2D eigenvalue weighted by molar-refractivity contribution is 0.208. The Bertz CT molecular complexity index is 1080. The molecular weight excluding hydrogens is 422 g/mol. The van der Waals surface area contributed by atoms with E-state index >= 15 is 0 Å². The van der Waals surface area contributed by atoms with Crippen LogP contribution in [-0.2, 0) is 0 Å². The molecule has 0 spiro atoms. The first-order valence-electron chi connectivity index (χ1n) is 10.6. The molecule has 9 nitrogen and oxygen atoms in total. The van der Waals surface area contributed by atoms with Gasteiger partial charge in [0.2, 0.25) is 0 Å². The SMILES string of the molecule is COc1ccc(-c2ccc(N3CCN(C(=O)Nc4cc(OC)ccc4OC)CC3)nn2)cc1. The molecule has 2 heterocycles. The highest BCUT2D eigenvalue weighted by molar-refractivity contribution is 5.91. The lowest BCUT2D eigenvalue weighted by Gasteiger charge is -2.35. The molecule has 2 aromatic carbocycles. The summed E-state index contributed by atoms with van der Waals surface area (Å²) in [4.78, 5) is 16.7. The van der Waals surface area contributed by atoms with Crippen LogP contribution >= 0.6 is 0 Å². The quantitative estimate of drug-likeness (QED) is 0.616. The highest BCUT2D eigenvalue weighted by Gasteiger charge is 2.23. The van der Waals surface area contributed by atoms with Gasteiger partial charge in [-0.25, -0.2) is 4.79 Å². The first kappa shape index (κ1) is 22.2. The van der Waals surface area contributed by atoms with Gasteiger partial charge < -0.3 is 29.3 Å². The van der Waals surface area contributed by atoms with Crippen molar-refractivity contribution in [3.8, 4) is 28.5 Å². The van der Waals surface area contributed by atoms with Crippen LogP contribution in [0.25, 0.3) is 11.3 Å². The number of methoxy groups -OCH3 is 3. The van der Waals surface area contributed by atoms with Crippen molar-refractivity contribution < 1.29 is 19.0 Å². The van der Waals surface area contributed by atoms with Gasteiger partial charge in [0, 0.05) is 37.8 Å². The molecule has 33 heavy (non-hydrogen) atoms. The van der Waals surface area contributed by atoms with E-state index in [-0.39, 0.29) is 6.03 Å². The minimum absolute atomic E-state index is 0.179. The first-order valence-corrected chi connectivity index (χ1v) is 10.6. The van der Waals surface area contributed by atoms with Crippen molar-refractivity contribution in [2.45, 2.75) is 0 Å². The molecule has 0 saturated carbocycles. The fourth-order valence-electron chi connectivity index (χ4n) is 3.65. The van der Waals surface area contributed by atoms with Crippen molar-refractivity contribution in [1.82, 2.24) is 15.1 Å². The van der Waals surface area contributed by atoms with Gasteiger partial charge in [0.15, 0.2) is 5.82 Å². The van der Waals surface area contributed by atoms with Gasteiger partial charge in [0.05, 0.1) is 32.7 Å². The maximum atomic E-state index is 12.8. The molecule has 0 atom stereocenters. The third-order valence-corrected chi connectivity index (χ3v) is 5.58. The topological polar surface area (TPSA) is 89.1 Å². The average molecular weight is 450 g/mol. The number of aromatic nitrogens is 2. The van der Waals surface area contributed by atoms with Crippen LogP contribution in [0.3, 0.4) is 0 Å². The number of amides is 2. The molecule has 1 aliphatic rings. The Hall–Kier alpha value is -4.01. The molecule has 172 valence electrons. The Morgan fingerprint density at radius 2 is 1.52 bits per heavy atom. The van der Waals surface area contributed by atoms with Crippen LogP contribution < -0.4 is 24.4 Å². The van der Waals surface area contributed by atoms with Gasteiger partial charge in [-0.3, -0.25) is 0 Å². The summed E-state index contributed by atoms with van der Waals surface area (Å²) in [6, 6.07) is 16.7. The maximum absolute atomic E-state index is 12.8. The number of ether oxygens (including phenoxy) is 3. The molecule has 1 aliphatic heterocycles. The van der Waals surface area contributed by atoms with Gasteiger partial charge in [-0.2, -0.15) is 0 Å². The molecule has 1 aromatic heterocycles. The molecule has 0 radical (unpaired) electrons. The van der Waals surface area contributed by atoms with E-state index in [2.05, 4.69) is 20.4 Å². The molecular formula is C24H27N5O4. The number of benzene rings is 2. The summed E-state index contributed by atoms with van der Waals surface area (Å²) in [5, 5.41) is 11.7. The van der Waals surface area contributed by atoms with Crippen LogP contribution in [-0.4, -0.2) is 68.6 Å². The van der Waals surface area contributed by atoms with Crippen molar-refractivity contribution in [3.05, 3.63) is 54.6 Å². The largest absolute Gasteiger partial charge is 0.497 e. The standard InChI is InChI=1S/C24H27N5O4/c1-31-18-6-4-17(5-7-18)20-9-11-23(27-26-20)28-12-14-29(15-13-28)24(30)25-21-16-19(32-2)8-10-22(21)33-3/h4-11,16H,12-15H2,1-3H3,(H,25,30). The number of carbonyl (C=O) groups is 1. The summed E-state index contributed by atoms with van der Waals surface area (Å²) in [5.41, 5.74) is 2.35. The number of nitrogens with zero attached hydrogens (tertiary/aromatic N) is 4. The van der Waals surface area contributed by atoms with Crippen molar-refractivity contribution in [2.75, 3.05) is 57.7 Å². The Balaban J connectivity index is 1.35. The Morgan fingerprint density at radius 1 is 0.818 bits per heavy atom. The van der Waals surface area contributed by atoms with Crippen LogP contribution in [0.1, 0.15) is 0 Å². The van der Waals surface area contributed by atoms with E-state index in [1.807, 2.05) is 36.4 Å². The summed E-state index contributed by atoms with van der Waals surface area (Å²) in [7, 11) is 4.79. The fraction of sp³-hybridized carbons (Fsp3) is 0.292. The maximum Gasteiger partial charge on any atom is 0.322 e. The molecule has 3 aromatic rings.